The lowest BCUT2D eigenvalue weighted by Crippen LogP contribution is -2.42. The van der Waals surface area contributed by atoms with Crippen molar-refractivity contribution in [3.63, 3.8) is 0 Å². The predicted molar refractivity (Wildman–Crippen MR) is 117 cm³/mol. The molecule has 1 saturated heterocycles. The fourth-order valence-electron chi connectivity index (χ4n) is 4.04. The van der Waals surface area contributed by atoms with Gasteiger partial charge >= 0.3 is 0 Å². The first-order valence-corrected chi connectivity index (χ1v) is 11.1. The number of aromatic nitrogens is 4. The molecule has 3 aromatic rings. The van der Waals surface area contributed by atoms with Gasteiger partial charge in [0, 0.05) is 41.2 Å². The van der Waals surface area contributed by atoms with Crippen molar-refractivity contribution in [3.8, 4) is 17.2 Å². The Balaban J connectivity index is 1.72. The molecular formula is C22H27N5O2S. The maximum Gasteiger partial charge on any atom is 0.257 e. The highest BCUT2D eigenvalue weighted by atomic mass is 32.1. The molecule has 0 unspecified atom stereocenters. The molecule has 1 aliphatic heterocycles. The molecule has 0 bridgehead atoms. The van der Waals surface area contributed by atoms with E-state index in [-0.39, 0.29) is 18.6 Å². The number of amides is 1. The first kappa shape index (κ1) is 20.7. The van der Waals surface area contributed by atoms with Gasteiger partial charge in [0.15, 0.2) is 0 Å². The second-order valence-corrected chi connectivity index (χ2v) is 9.22. The molecular weight excluding hydrogens is 398 g/mol. The standard InChI is InChI=1S/C22H27N5O2S/c1-14-7-5-6-10-26(14)21(28)18-12-24-27(20(18)13-29-4)22-23-9-8-19(25-22)17-11-15(2)30-16(17)3/h8-9,11-12,14H,5-7,10,13H2,1-4H3/t14-/m0/s1. The number of piperidine rings is 1. The fourth-order valence-corrected chi connectivity index (χ4v) is 4.97. The maximum absolute atomic E-state index is 13.3. The van der Waals surface area contributed by atoms with E-state index in [4.69, 9.17) is 9.72 Å². The number of carbonyl (C=O) groups is 1. The summed E-state index contributed by atoms with van der Waals surface area (Å²) in [6.07, 6.45) is 6.58. The minimum Gasteiger partial charge on any atom is -0.378 e. The van der Waals surface area contributed by atoms with Gasteiger partial charge in [0.25, 0.3) is 11.9 Å². The average molecular weight is 426 g/mol. The number of nitrogens with zero attached hydrogens (tertiary/aromatic N) is 5. The first-order chi connectivity index (χ1) is 14.5. The van der Waals surface area contributed by atoms with Crippen molar-refractivity contribution in [1.29, 1.82) is 0 Å². The monoisotopic (exact) mass is 425 g/mol. The van der Waals surface area contributed by atoms with Crippen molar-refractivity contribution in [1.82, 2.24) is 24.6 Å². The Bertz CT molecular complexity index is 1060. The molecule has 4 rings (SSSR count). The highest BCUT2D eigenvalue weighted by Crippen LogP contribution is 2.29. The summed E-state index contributed by atoms with van der Waals surface area (Å²) >= 11 is 1.75. The number of thiophene rings is 1. The van der Waals surface area contributed by atoms with E-state index < -0.39 is 0 Å². The molecule has 0 radical (unpaired) electrons. The van der Waals surface area contributed by atoms with E-state index in [1.54, 1.807) is 35.5 Å². The summed E-state index contributed by atoms with van der Waals surface area (Å²) in [5.41, 5.74) is 3.18. The van der Waals surface area contributed by atoms with Gasteiger partial charge in [0.05, 0.1) is 29.8 Å². The van der Waals surface area contributed by atoms with Crippen molar-refractivity contribution in [3.05, 3.63) is 45.5 Å². The number of rotatable bonds is 5. The molecule has 7 nitrogen and oxygen atoms in total. The molecule has 1 atom stereocenters. The molecule has 1 aliphatic rings. The first-order valence-electron chi connectivity index (χ1n) is 10.3. The van der Waals surface area contributed by atoms with Crippen LogP contribution in [0.1, 0.15) is 52.0 Å². The zero-order valence-electron chi connectivity index (χ0n) is 17.9. The normalized spacial score (nSPS) is 16.8. The van der Waals surface area contributed by atoms with Crippen molar-refractivity contribution < 1.29 is 9.53 Å². The van der Waals surface area contributed by atoms with E-state index in [1.807, 2.05) is 11.0 Å². The van der Waals surface area contributed by atoms with Crippen LogP contribution in [0.25, 0.3) is 17.2 Å². The summed E-state index contributed by atoms with van der Waals surface area (Å²) in [6.45, 7) is 7.33. The zero-order valence-corrected chi connectivity index (χ0v) is 18.7. The second-order valence-electron chi connectivity index (χ2n) is 7.76. The van der Waals surface area contributed by atoms with Gasteiger partial charge in [-0.2, -0.15) is 9.78 Å². The molecule has 0 saturated carbocycles. The van der Waals surface area contributed by atoms with Gasteiger partial charge in [0.2, 0.25) is 0 Å². The topological polar surface area (TPSA) is 73.1 Å². The summed E-state index contributed by atoms with van der Waals surface area (Å²) in [5.74, 6) is 0.439. The number of hydrogen-bond acceptors (Lipinski definition) is 6. The summed E-state index contributed by atoms with van der Waals surface area (Å²) in [6, 6.07) is 4.27. The number of carbonyl (C=O) groups excluding carboxylic acids is 1. The minimum absolute atomic E-state index is 0.000887. The highest BCUT2D eigenvalue weighted by Gasteiger charge is 2.28. The van der Waals surface area contributed by atoms with E-state index in [9.17, 15) is 4.79 Å². The Kier molecular flexibility index (Phi) is 5.97. The van der Waals surface area contributed by atoms with Crippen molar-refractivity contribution in [2.45, 2.75) is 52.7 Å². The minimum atomic E-state index is 0.000887. The Labute approximate surface area is 180 Å². The largest absolute Gasteiger partial charge is 0.378 e. The van der Waals surface area contributed by atoms with Gasteiger partial charge in [-0.05, 0) is 52.2 Å². The van der Waals surface area contributed by atoms with Crippen LogP contribution < -0.4 is 0 Å². The average Bonchev–Trinajstić information content (AvgIpc) is 3.31. The number of methoxy groups -OCH3 is 1. The highest BCUT2D eigenvalue weighted by molar-refractivity contribution is 7.12. The third kappa shape index (κ3) is 3.89. The summed E-state index contributed by atoms with van der Waals surface area (Å²) in [5, 5.41) is 4.48. The van der Waals surface area contributed by atoms with E-state index in [2.05, 4.69) is 36.9 Å². The molecule has 0 aromatic carbocycles. The molecule has 0 aliphatic carbocycles. The van der Waals surface area contributed by atoms with Crippen molar-refractivity contribution in [2.75, 3.05) is 13.7 Å². The van der Waals surface area contributed by atoms with Crippen LogP contribution >= 0.6 is 11.3 Å². The van der Waals surface area contributed by atoms with Crippen LogP contribution in [0.5, 0.6) is 0 Å². The Morgan fingerprint density at radius 2 is 2.17 bits per heavy atom. The zero-order chi connectivity index (χ0) is 21.3. The number of ether oxygens (including phenoxy) is 1. The number of aryl methyl sites for hydroxylation is 2. The summed E-state index contributed by atoms with van der Waals surface area (Å²) in [7, 11) is 1.61. The van der Waals surface area contributed by atoms with Gasteiger partial charge < -0.3 is 9.64 Å². The van der Waals surface area contributed by atoms with Gasteiger partial charge in [-0.3, -0.25) is 4.79 Å². The lowest BCUT2D eigenvalue weighted by Gasteiger charge is -2.33. The van der Waals surface area contributed by atoms with Crippen molar-refractivity contribution in [2.24, 2.45) is 0 Å². The molecule has 4 heterocycles. The predicted octanol–water partition coefficient (Wildman–Crippen LogP) is 4.17. The smallest absolute Gasteiger partial charge is 0.257 e. The molecule has 158 valence electrons. The van der Waals surface area contributed by atoms with Gasteiger partial charge in [-0.1, -0.05) is 0 Å². The van der Waals surface area contributed by atoms with E-state index in [1.165, 1.54) is 9.75 Å². The van der Waals surface area contributed by atoms with E-state index in [0.717, 1.165) is 37.1 Å². The lowest BCUT2D eigenvalue weighted by molar-refractivity contribution is 0.0630. The van der Waals surface area contributed by atoms with E-state index >= 15 is 0 Å². The molecule has 0 spiro atoms. The molecule has 30 heavy (non-hydrogen) atoms. The summed E-state index contributed by atoms with van der Waals surface area (Å²) < 4.78 is 7.03. The third-order valence-electron chi connectivity index (χ3n) is 5.59. The van der Waals surface area contributed by atoms with Crippen molar-refractivity contribution >= 4 is 17.2 Å². The second kappa shape index (κ2) is 8.65. The van der Waals surface area contributed by atoms with E-state index in [0.29, 0.717) is 17.2 Å². The Hall–Kier alpha value is -2.58. The van der Waals surface area contributed by atoms with Crippen LogP contribution in [0.2, 0.25) is 0 Å². The summed E-state index contributed by atoms with van der Waals surface area (Å²) in [4.78, 5) is 26.8. The van der Waals surface area contributed by atoms with Gasteiger partial charge in [-0.25, -0.2) is 9.97 Å². The number of hydrogen-bond donors (Lipinski definition) is 0. The molecule has 0 N–H and O–H groups in total. The van der Waals surface area contributed by atoms with Crippen LogP contribution in [0.15, 0.2) is 24.5 Å². The van der Waals surface area contributed by atoms with Crippen LogP contribution in [0.3, 0.4) is 0 Å². The van der Waals surface area contributed by atoms with Gasteiger partial charge in [-0.15, -0.1) is 11.3 Å². The van der Waals surface area contributed by atoms with Crippen LogP contribution in [-0.4, -0.2) is 50.3 Å². The number of likely N-dealkylation sites (tertiary alicyclic amines) is 1. The van der Waals surface area contributed by atoms with Crippen LogP contribution in [-0.2, 0) is 11.3 Å². The quantitative estimate of drug-likeness (QED) is 0.613. The molecule has 8 heteroatoms. The SMILES string of the molecule is COCc1c(C(=O)N2CCCC[C@@H]2C)cnn1-c1nccc(-c2cc(C)sc2C)n1. The fraction of sp³-hybridized carbons (Fsp3) is 0.455. The van der Waals surface area contributed by atoms with Gasteiger partial charge in [0.1, 0.15) is 0 Å². The molecule has 1 amide bonds. The Morgan fingerprint density at radius 1 is 1.33 bits per heavy atom. The molecule has 3 aromatic heterocycles. The molecule has 1 fully saturated rings. The lowest BCUT2D eigenvalue weighted by atomic mass is 10.0. The maximum atomic E-state index is 13.3. The van der Waals surface area contributed by atoms with Crippen LogP contribution in [0, 0.1) is 13.8 Å². The third-order valence-corrected chi connectivity index (χ3v) is 6.56. The van der Waals surface area contributed by atoms with Crippen LogP contribution in [0.4, 0.5) is 0 Å². The Morgan fingerprint density at radius 3 is 2.87 bits per heavy atom.